The summed E-state index contributed by atoms with van der Waals surface area (Å²) in [6.45, 7) is 1.58. The highest BCUT2D eigenvalue weighted by molar-refractivity contribution is 5.72. The molecule has 0 aromatic carbocycles. The quantitative estimate of drug-likeness (QED) is 0.715. The minimum atomic E-state index is -0.937. The van der Waals surface area contributed by atoms with Crippen LogP contribution in [0.5, 0.6) is 0 Å². The van der Waals surface area contributed by atoms with Gasteiger partial charge < -0.3 is 15.7 Å². The fraction of sp³-hybridized carbons (Fsp3) is 0.500. The zero-order chi connectivity index (χ0) is 12.7. The lowest BCUT2D eigenvalue weighted by molar-refractivity contribution is -0.138. The van der Waals surface area contributed by atoms with E-state index >= 15 is 0 Å². The summed E-state index contributed by atoms with van der Waals surface area (Å²) in [5.41, 5.74) is 6.67. The van der Waals surface area contributed by atoms with Gasteiger partial charge in [0.1, 0.15) is 6.04 Å². The number of pyridine rings is 1. The van der Waals surface area contributed by atoms with Gasteiger partial charge in [-0.1, -0.05) is 0 Å². The van der Waals surface area contributed by atoms with E-state index in [4.69, 9.17) is 10.8 Å². The van der Waals surface area contributed by atoms with Crippen LogP contribution in [0.4, 0.5) is 0 Å². The second kappa shape index (κ2) is 6.98. The molecular weight excluding hydrogens is 218 g/mol. The zero-order valence-corrected chi connectivity index (χ0v) is 10.0. The van der Waals surface area contributed by atoms with Crippen molar-refractivity contribution in [3.63, 3.8) is 0 Å². The van der Waals surface area contributed by atoms with Crippen molar-refractivity contribution in [2.75, 3.05) is 20.1 Å². The third-order valence-corrected chi connectivity index (χ3v) is 2.67. The van der Waals surface area contributed by atoms with Gasteiger partial charge in [0.15, 0.2) is 0 Å². The Morgan fingerprint density at radius 2 is 2.12 bits per heavy atom. The van der Waals surface area contributed by atoms with Crippen LogP contribution < -0.4 is 5.73 Å². The SMILES string of the molecule is CN(CCc1ccncc1)CCC(N)C(=O)O. The van der Waals surface area contributed by atoms with E-state index in [2.05, 4.69) is 9.88 Å². The lowest BCUT2D eigenvalue weighted by atomic mass is 10.2. The molecule has 0 bridgehead atoms. The molecule has 0 aliphatic carbocycles. The molecule has 1 atom stereocenters. The van der Waals surface area contributed by atoms with Crippen molar-refractivity contribution in [1.29, 1.82) is 0 Å². The first-order chi connectivity index (χ1) is 8.09. The van der Waals surface area contributed by atoms with Crippen LogP contribution in [-0.4, -0.2) is 47.1 Å². The molecule has 0 saturated heterocycles. The molecule has 0 radical (unpaired) electrons. The van der Waals surface area contributed by atoms with E-state index in [-0.39, 0.29) is 0 Å². The van der Waals surface area contributed by atoms with Gasteiger partial charge in [0.2, 0.25) is 0 Å². The van der Waals surface area contributed by atoms with E-state index in [1.165, 1.54) is 5.56 Å². The number of carbonyl (C=O) groups is 1. The Bertz CT molecular complexity index is 343. The van der Waals surface area contributed by atoms with E-state index < -0.39 is 12.0 Å². The molecule has 94 valence electrons. The Morgan fingerprint density at radius 1 is 1.47 bits per heavy atom. The summed E-state index contributed by atoms with van der Waals surface area (Å²) in [5.74, 6) is -0.937. The summed E-state index contributed by atoms with van der Waals surface area (Å²) >= 11 is 0. The molecule has 0 fully saturated rings. The van der Waals surface area contributed by atoms with E-state index in [1.54, 1.807) is 12.4 Å². The van der Waals surface area contributed by atoms with Gasteiger partial charge in [-0.25, -0.2) is 0 Å². The molecule has 0 aliphatic heterocycles. The maximum absolute atomic E-state index is 10.5. The van der Waals surface area contributed by atoms with E-state index in [0.717, 1.165) is 13.0 Å². The predicted molar refractivity (Wildman–Crippen MR) is 65.7 cm³/mol. The lowest BCUT2D eigenvalue weighted by Crippen LogP contribution is -2.34. The molecule has 5 heteroatoms. The normalized spacial score (nSPS) is 12.6. The number of rotatable bonds is 7. The van der Waals surface area contributed by atoms with Gasteiger partial charge in [-0.2, -0.15) is 0 Å². The molecule has 1 rings (SSSR count). The molecular formula is C12H19N3O2. The van der Waals surface area contributed by atoms with Crippen molar-refractivity contribution < 1.29 is 9.90 Å². The standard InChI is InChI=1S/C12H19N3O2/c1-15(9-5-11(13)12(16)17)8-4-10-2-6-14-7-3-10/h2-3,6-7,11H,4-5,8-9,13H2,1H3,(H,16,17). The second-order valence-electron chi connectivity index (χ2n) is 4.14. The molecule has 1 unspecified atom stereocenters. The highest BCUT2D eigenvalue weighted by Crippen LogP contribution is 2.00. The van der Waals surface area contributed by atoms with Crippen LogP contribution in [-0.2, 0) is 11.2 Å². The summed E-state index contributed by atoms with van der Waals surface area (Å²) in [5, 5.41) is 8.65. The molecule has 1 aromatic heterocycles. The van der Waals surface area contributed by atoms with Crippen LogP contribution in [0.2, 0.25) is 0 Å². The van der Waals surface area contributed by atoms with Crippen LogP contribution in [0.25, 0.3) is 0 Å². The first kappa shape index (κ1) is 13.6. The van der Waals surface area contributed by atoms with Gasteiger partial charge in [-0.05, 0) is 44.1 Å². The van der Waals surface area contributed by atoms with Gasteiger partial charge in [-0.15, -0.1) is 0 Å². The summed E-state index contributed by atoms with van der Waals surface area (Å²) in [7, 11) is 1.97. The number of nitrogens with zero attached hydrogens (tertiary/aromatic N) is 2. The van der Waals surface area contributed by atoms with Crippen molar-refractivity contribution in [2.24, 2.45) is 5.73 Å². The predicted octanol–water partition coefficient (Wildman–Crippen LogP) is 0.358. The number of aromatic nitrogens is 1. The van der Waals surface area contributed by atoms with E-state index in [1.807, 2.05) is 19.2 Å². The molecule has 5 nitrogen and oxygen atoms in total. The van der Waals surface area contributed by atoms with Crippen molar-refractivity contribution in [3.8, 4) is 0 Å². The third kappa shape index (κ3) is 5.42. The Hall–Kier alpha value is -1.46. The second-order valence-corrected chi connectivity index (χ2v) is 4.14. The van der Waals surface area contributed by atoms with Gasteiger partial charge in [0.25, 0.3) is 0 Å². The Balaban J connectivity index is 2.22. The number of carboxylic acids is 1. The van der Waals surface area contributed by atoms with Crippen molar-refractivity contribution in [2.45, 2.75) is 18.9 Å². The molecule has 1 aromatic rings. The third-order valence-electron chi connectivity index (χ3n) is 2.67. The summed E-state index contributed by atoms with van der Waals surface area (Å²) in [6.07, 6.45) is 4.95. The van der Waals surface area contributed by atoms with Crippen LogP contribution in [0.3, 0.4) is 0 Å². The van der Waals surface area contributed by atoms with Crippen molar-refractivity contribution in [3.05, 3.63) is 30.1 Å². The van der Waals surface area contributed by atoms with Crippen molar-refractivity contribution >= 4 is 5.97 Å². The smallest absolute Gasteiger partial charge is 0.320 e. The first-order valence-electron chi connectivity index (χ1n) is 5.65. The lowest BCUT2D eigenvalue weighted by Gasteiger charge is -2.17. The maximum atomic E-state index is 10.5. The van der Waals surface area contributed by atoms with Gasteiger partial charge in [0.05, 0.1) is 0 Å². The molecule has 0 saturated carbocycles. The number of nitrogens with two attached hydrogens (primary N) is 1. The molecule has 3 N–H and O–H groups in total. The minimum absolute atomic E-state index is 0.474. The van der Waals surface area contributed by atoms with Crippen molar-refractivity contribution in [1.82, 2.24) is 9.88 Å². The maximum Gasteiger partial charge on any atom is 0.320 e. The zero-order valence-electron chi connectivity index (χ0n) is 10.0. The molecule has 17 heavy (non-hydrogen) atoms. The van der Waals surface area contributed by atoms with Gasteiger partial charge in [0, 0.05) is 18.9 Å². The highest BCUT2D eigenvalue weighted by atomic mass is 16.4. The molecule has 1 heterocycles. The number of likely N-dealkylation sites (N-methyl/N-ethyl adjacent to an activating group) is 1. The van der Waals surface area contributed by atoms with Crippen LogP contribution in [0.1, 0.15) is 12.0 Å². The first-order valence-corrected chi connectivity index (χ1v) is 5.65. The summed E-state index contributed by atoms with van der Waals surface area (Å²) in [6, 6.07) is 3.20. The Labute approximate surface area is 101 Å². The average Bonchev–Trinajstić information content (AvgIpc) is 2.34. The van der Waals surface area contributed by atoms with Gasteiger partial charge >= 0.3 is 5.97 Å². The molecule has 0 aliphatic rings. The monoisotopic (exact) mass is 237 g/mol. The topological polar surface area (TPSA) is 79.5 Å². The molecule has 0 spiro atoms. The summed E-state index contributed by atoms with van der Waals surface area (Å²) < 4.78 is 0. The highest BCUT2D eigenvalue weighted by Gasteiger charge is 2.11. The minimum Gasteiger partial charge on any atom is -0.480 e. The van der Waals surface area contributed by atoms with E-state index in [0.29, 0.717) is 13.0 Å². The Morgan fingerprint density at radius 3 is 2.71 bits per heavy atom. The number of aliphatic carboxylic acids is 1. The fourth-order valence-corrected chi connectivity index (χ4v) is 1.46. The average molecular weight is 237 g/mol. The van der Waals surface area contributed by atoms with E-state index in [9.17, 15) is 4.79 Å². The van der Waals surface area contributed by atoms with Crippen LogP contribution in [0, 0.1) is 0 Å². The molecule has 0 amide bonds. The fourth-order valence-electron chi connectivity index (χ4n) is 1.46. The van der Waals surface area contributed by atoms with Crippen LogP contribution in [0.15, 0.2) is 24.5 Å². The van der Waals surface area contributed by atoms with Crippen LogP contribution >= 0.6 is 0 Å². The van der Waals surface area contributed by atoms with Gasteiger partial charge in [-0.3, -0.25) is 9.78 Å². The number of hydrogen-bond donors (Lipinski definition) is 2. The Kier molecular flexibility index (Phi) is 5.59. The number of hydrogen-bond acceptors (Lipinski definition) is 4. The number of carboxylic acid groups (broad SMARTS) is 1. The summed E-state index contributed by atoms with van der Waals surface area (Å²) in [4.78, 5) is 16.6. The largest absolute Gasteiger partial charge is 0.480 e.